The van der Waals surface area contributed by atoms with Crippen molar-refractivity contribution in [1.82, 2.24) is 10.6 Å². The number of nitrogens with two attached hydrogens (primary N) is 1. The van der Waals surface area contributed by atoms with Gasteiger partial charge in [-0.3, -0.25) is 10.2 Å². The third-order valence-electron chi connectivity index (χ3n) is 10.5. The lowest BCUT2D eigenvalue weighted by atomic mass is 9.77. The number of thiocarbonyl (C=S) groups is 1. The molecular weight excluding hydrogens is 842 g/mol. The van der Waals surface area contributed by atoms with Crippen molar-refractivity contribution >= 4 is 48.3 Å². The molecule has 2 heterocycles. The van der Waals surface area contributed by atoms with E-state index in [0.717, 1.165) is 0 Å². The Labute approximate surface area is 368 Å². The average Bonchev–Trinajstić information content (AvgIpc) is 3.55. The predicted molar refractivity (Wildman–Crippen MR) is 241 cm³/mol. The molecule has 8 rings (SSSR count). The summed E-state index contributed by atoms with van der Waals surface area (Å²) in [5, 5.41) is 37.7. The Morgan fingerprint density at radius 3 is 1.95 bits per heavy atom. The largest absolute Gasteiger partial charge is 0.508 e. The van der Waals surface area contributed by atoms with Gasteiger partial charge in [0, 0.05) is 53.0 Å². The summed E-state index contributed by atoms with van der Waals surface area (Å²) >= 11 is 5.57. The first-order valence-corrected chi connectivity index (χ1v) is 22.0. The summed E-state index contributed by atoms with van der Waals surface area (Å²) in [6, 6.07) is 38.0. The minimum absolute atomic E-state index is 0.0323. The van der Waals surface area contributed by atoms with Crippen molar-refractivity contribution < 1.29 is 42.9 Å². The van der Waals surface area contributed by atoms with Crippen LogP contribution in [-0.2, 0) is 19.7 Å². The summed E-state index contributed by atoms with van der Waals surface area (Å²) in [4.78, 5) is 27.1. The summed E-state index contributed by atoms with van der Waals surface area (Å²) < 4.78 is 39.2. The highest BCUT2D eigenvalue weighted by Crippen LogP contribution is 2.59. The fourth-order valence-corrected chi connectivity index (χ4v) is 9.68. The van der Waals surface area contributed by atoms with Gasteiger partial charge in [-0.25, -0.2) is 9.36 Å². The third-order valence-corrected chi connectivity index (χ3v) is 12.7. The van der Waals surface area contributed by atoms with Gasteiger partial charge in [-0.15, -0.1) is 0 Å². The molecule has 6 aromatic carbocycles. The van der Waals surface area contributed by atoms with Crippen LogP contribution in [0.3, 0.4) is 0 Å². The molecule has 1 atom stereocenters. The third kappa shape index (κ3) is 9.01. The van der Waals surface area contributed by atoms with Crippen LogP contribution in [0.15, 0.2) is 140 Å². The number of carbonyl (C=O) groups excluding carboxylic acids is 2. The fourth-order valence-electron chi connectivity index (χ4n) is 7.54. The van der Waals surface area contributed by atoms with E-state index in [1.54, 1.807) is 115 Å². The first kappa shape index (κ1) is 42.3. The molecule has 0 saturated carbocycles. The van der Waals surface area contributed by atoms with E-state index in [4.69, 9.17) is 41.9 Å². The van der Waals surface area contributed by atoms with E-state index in [-0.39, 0.29) is 41.2 Å². The number of amidine groups is 1. The number of para-hydroxylation sites is 2. The molecule has 8 N–H and O–H groups in total. The van der Waals surface area contributed by atoms with E-state index < -0.39 is 24.9 Å². The molecule has 0 aromatic heterocycles. The molecular formula is C47H42N5O9PS. The van der Waals surface area contributed by atoms with E-state index in [9.17, 15) is 24.4 Å². The lowest BCUT2D eigenvalue weighted by Gasteiger charge is -2.36. The van der Waals surface area contributed by atoms with Gasteiger partial charge in [0.2, 0.25) is 5.91 Å². The number of hydrogen-bond donors (Lipinski definition) is 7. The summed E-state index contributed by atoms with van der Waals surface area (Å²) in [5.41, 5.74) is 7.69. The van der Waals surface area contributed by atoms with Crippen LogP contribution in [-0.4, -0.2) is 39.6 Å². The van der Waals surface area contributed by atoms with Crippen molar-refractivity contribution in [3.63, 3.8) is 0 Å². The van der Waals surface area contributed by atoms with Crippen LogP contribution in [0.2, 0.25) is 0 Å². The molecule has 1 amide bonds. The lowest BCUT2D eigenvalue weighted by Crippen LogP contribution is -2.33. The Morgan fingerprint density at radius 2 is 1.37 bits per heavy atom. The number of phenols is 2. The van der Waals surface area contributed by atoms with Gasteiger partial charge in [0.05, 0.1) is 5.56 Å². The lowest BCUT2D eigenvalue weighted by molar-refractivity contribution is -0.121. The Morgan fingerprint density at radius 1 is 0.778 bits per heavy atom. The number of aromatic hydroxyl groups is 2. The molecule has 0 aliphatic carbocycles. The predicted octanol–water partition coefficient (Wildman–Crippen LogP) is 8.96. The number of carbonyl (C=O) groups is 2. The molecule has 14 nitrogen and oxygen atoms in total. The minimum atomic E-state index is -4.22. The zero-order chi connectivity index (χ0) is 44.1. The zero-order valence-corrected chi connectivity index (χ0v) is 35.3. The maximum Gasteiger partial charge on any atom is 0.457 e. The molecule has 0 bridgehead atoms. The first-order chi connectivity index (χ1) is 30.4. The van der Waals surface area contributed by atoms with Gasteiger partial charge >= 0.3 is 13.6 Å². The summed E-state index contributed by atoms with van der Waals surface area (Å²) in [5.74, 6) is -1.18. The number of hydrogen-bond acceptors (Lipinski definition) is 11. The number of nitrogen functional groups attached to an aromatic ring is 1. The number of fused-ring (bicyclic) bond motifs is 6. The number of amides is 1. The molecule has 320 valence electrons. The van der Waals surface area contributed by atoms with Crippen molar-refractivity contribution in [2.24, 2.45) is 5.73 Å². The van der Waals surface area contributed by atoms with Crippen LogP contribution in [0.1, 0.15) is 69.6 Å². The Hall–Kier alpha value is -7.35. The topological polar surface area (TPSA) is 215 Å². The number of ether oxygens (including phenoxy) is 2. The molecule has 0 radical (unpaired) electrons. The van der Waals surface area contributed by atoms with Crippen LogP contribution in [0.25, 0.3) is 0 Å². The number of nitrogens with one attached hydrogen (secondary N) is 4. The normalized spacial score (nSPS) is 13.6. The standard InChI is InChI=1S/C47H42N5O9PS/c48-43(49)29-15-17-30(18-16-29)44(62(57,60-34-10-4-1-5-11-34)61-35-12-6-2-7-13-35)52-42(55)14-8-3-9-25-50-46(63)51-31-19-22-37-36(26-31)45(56)59-47(37)38-23-20-32(53)27-40(38)58-41-28-33(54)21-24-39(41)47/h1-2,4-7,10-13,15-24,26-28,44,53-54H,3,8-9,14,25H2,(H3,48,49)(H,52,55)(H2,50,51,63). The second-order valence-corrected chi connectivity index (χ2v) is 17.2. The monoisotopic (exact) mass is 883 g/mol. The van der Waals surface area contributed by atoms with Crippen LogP contribution >= 0.6 is 19.8 Å². The van der Waals surface area contributed by atoms with E-state index in [2.05, 4.69) is 16.0 Å². The first-order valence-electron chi connectivity index (χ1n) is 20.0. The maximum absolute atomic E-state index is 14.9. The van der Waals surface area contributed by atoms with Gasteiger partial charge in [0.25, 0.3) is 0 Å². The van der Waals surface area contributed by atoms with E-state index in [1.165, 1.54) is 24.3 Å². The van der Waals surface area contributed by atoms with Gasteiger partial charge in [-0.1, -0.05) is 73.2 Å². The fraction of sp³-hybridized carbons (Fsp3) is 0.149. The van der Waals surface area contributed by atoms with E-state index >= 15 is 0 Å². The van der Waals surface area contributed by atoms with Crippen LogP contribution < -0.4 is 35.5 Å². The average molecular weight is 884 g/mol. The van der Waals surface area contributed by atoms with Crippen molar-refractivity contribution in [1.29, 1.82) is 5.41 Å². The van der Waals surface area contributed by atoms with E-state index in [1.807, 2.05) is 0 Å². The van der Waals surface area contributed by atoms with Crippen molar-refractivity contribution in [2.75, 3.05) is 11.9 Å². The highest BCUT2D eigenvalue weighted by atomic mass is 32.1. The zero-order valence-electron chi connectivity index (χ0n) is 33.6. The molecule has 1 unspecified atom stereocenters. The smallest absolute Gasteiger partial charge is 0.457 e. The summed E-state index contributed by atoms with van der Waals surface area (Å²) in [7, 11) is -4.22. The maximum atomic E-state index is 14.9. The molecule has 2 aliphatic heterocycles. The molecule has 63 heavy (non-hydrogen) atoms. The molecule has 0 fully saturated rings. The second-order valence-electron chi connectivity index (χ2n) is 14.8. The molecule has 6 aromatic rings. The summed E-state index contributed by atoms with van der Waals surface area (Å²) in [6.07, 6.45) is 1.97. The number of rotatable bonds is 15. The quantitative estimate of drug-likeness (QED) is 0.0128. The molecule has 16 heteroatoms. The second kappa shape index (κ2) is 17.9. The molecule has 2 aliphatic rings. The van der Waals surface area contributed by atoms with Crippen molar-refractivity contribution in [2.45, 2.75) is 37.1 Å². The van der Waals surface area contributed by atoms with Crippen LogP contribution in [0.5, 0.6) is 34.5 Å². The Kier molecular flexibility index (Phi) is 12.1. The van der Waals surface area contributed by atoms with Crippen molar-refractivity contribution in [3.8, 4) is 34.5 Å². The van der Waals surface area contributed by atoms with Crippen LogP contribution in [0.4, 0.5) is 5.69 Å². The number of unbranched alkanes of at least 4 members (excludes halogenated alkanes) is 2. The van der Waals surface area contributed by atoms with Gasteiger partial charge in [0.15, 0.2) is 16.5 Å². The summed E-state index contributed by atoms with van der Waals surface area (Å²) in [6.45, 7) is 0.493. The van der Waals surface area contributed by atoms with Gasteiger partial charge < -0.3 is 50.4 Å². The Balaban J connectivity index is 0.887. The molecule has 0 saturated heterocycles. The number of anilines is 1. The minimum Gasteiger partial charge on any atom is -0.508 e. The van der Waals surface area contributed by atoms with Gasteiger partial charge in [0.1, 0.15) is 40.3 Å². The SMILES string of the molecule is N=C(N)c1ccc(C(NC(=O)CCCCCNC(=S)Nc2ccc3c(c2)C(=O)OC32c3ccc(O)cc3Oc3cc(O)ccc32)P(=O)(Oc2ccccc2)Oc2ccccc2)cc1. The van der Waals surface area contributed by atoms with E-state index in [0.29, 0.717) is 81.5 Å². The highest BCUT2D eigenvalue weighted by molar-refractivity contribution is 7.80. The molecule has 1 spiro atoms. The Bertz CT molecular complexity index is 2660. The van der Waals surface area contributed by atoms with Gasteiger partial charge in [-0.2, -0.15) is 0 Å². The van der Waals surface area contributed by atoms with Crippen LogP contribution in [0, 0.1) is 5.41 Å². The number of phenolic OH excluding ortho intramolecular Hbond substituents is 2. The van der Waals surface area contributed by atoms with Gasteiger partial charge in [-0.05, 0) is 91.3 Å². The number of benzene rings is 6. The highest BCUT2D eigenvalue weighted by Gasteiger charge is 2.53. The number of esters is 1. The van der Waals surface area contributed by atoms with Crippen molar-refractivity contribution in [3.05, 3.63) is 173 Å².